The largest absolute Gasteiger partial charge is 0.396 e. The van der Waals surface area contributed by atoms with Gasteiger partial charge in [-0.3, -0.25) is 19.7 Å². The summed E-state index contributed by atoms with van der Waals surface area (Å²) in [5.41, 5.74) is 2.62. The summed E-state index contributed by atoms with van der Waals surface area (Å²) in [7, 11) is 0. The van der Waals surface area contributed by atoms with Gasteiger partial charge in [0.15, 0.2) is 0 Å². The van der Waals surface area contributed by atoms with E-state index in [0.29, 0.717) is 24.9 Å². The van der Waals surface area contributed by atoms with Crippen molar-refractivity contribution in [3.63, 3.8) is 0 Å². The summed E-state index contributed by atoms with van der Waals surface area (Å²) in [5, 5.41) is 20.1. The van der Waals surface area contributed by atoms with Gasteiger partial charge in [0.25, 0.3) is 5.91 Å². The van der Waals surface area contributed by atoms with E-state index < -0.39 is 11.9 Å². The fourth-order valence-corrected chi connectivity index (χ4v) is 3.76. The summed E-state index contributed by atoms with van der Waals surface area (Å²) in [6.07, 6.45) is 2.97. The van der Waals surface area contributed by atoms with Crippen LogP contribution < -0.4 is 5.32 Å². The number of imide groups is 1. The van der Waals surface area contributed by atoms with Crippen LogP contribution in [0, 0.1) is 5.41 Å². The number of hydrogen-bond donors (Lipinski definition) is 2. The van der Waals surface area contributed by atoms with Crippen LogP contribution in [0.4, 0.5) is 0 Å². The highest BCUT2D eigenvalue weighted by Gasteiger charge is 2.39. The number of benzene rings is 1. The van der Waals surface area contributed by atoms with E-state index in [9.17, 15) is 19.5 Å². The molecule has 1 unspecified atom stereocenters. The van der Waals surface area contributed by atoms with Crippen molar-refractivity contribution in [2.24, 2.45) is 5.41 Å². The lowest BCUT2D eigenvalue weighted by Gasteiger charge is -2.29. The number of fused-ring (bicyclic) bond motifs is 1. The maximum atomic E-state index is 12.8. The third-order valence-electron chi connectivity index (χ3n) is 5.40. The third-order valence-corrected chi connectivity index (χ3v) is 5.40. The van der Waals surface area contributed by atoms with E-state index in [4.69, 9.17) is 0 Å². The highest BCUT2D eigenvalue weighted by Crippen LogP contribution is 2.29. The number of hydrogen-bond acceptors (Lipinski definition) is 6. The molecule has 0 saturated carbocycles. The molecule has 9 heteroatoms. The predicted molar refractivity (Wildman–Crippen MR) is 102 cm³/mol. The topological polar surface area (TPSA) is 117 Å². The first-order chi connectivity index (χ1) is 13.8. The minimum atomic E-state index is -0.630. The molecular formula is C20H23N5O4. The number of aliphatic hydroxyl groups excluding tert-OH is 1. The van der Waals surface area contributed by atoms with Crippen molar-refractivity contribution in [1.82, 2.24) is 25.2 Å². The molecule has 9 nitrogen and oxygen atoms in total. The minimum Gasteiger partial charge on any atom is -0.396 e. The number of aromatic nitrogens is 3. The summed E-state index contributed by atoms with van der Waals surface area (Å²) >= 11 is 0. The molecule has 29 heavy (non-hydrogen) atoms. The maximum absolute atomic E-state index is 12.8. The monoisotopic (exact) mass is 397 g/mol. The molecule has 3 amide bonds. The SMILES string of the molecule is CC(C)(CO)Cc1cn(-c2ccc3c(c2)CN(C2CCC(=O)NC2=O)C3=O)nn1. The number of nitrogens with one attached hydrogen (secondary N) is 1. The number of piperidine rings is 1. The van der Waals surface area contributed by atoms with Gasteiger partial charge in [-0.1, -0.05) is 19.1 Å². The lowest BCUT2D eigenvalue weighted by Crippen LogP contribution is -2.52. The second-order valence-corrected chi connectivity index (χ2v) is 8.39. The quantitative estimate of drug-likeness (QED) is 0.713. The second-order valence-electron chi connectivity index (χ2n) is 8.39. The van der Waals surface area contributed by atoms with Crippen LogP contribution in [0.5, 0.6) is 0 Å². The fraction of sp³-hybridized carbons (Fsp3) is 0.450. The molecule has 1 aromatic heterocycles. The number of carbonyl (C=O) groups is 3. The van der Waals surface area contributed by atoms with Gasteiger partial charge < -0.3 is 10.0 Å². The number of rotatable bonds is 5. The minimum absolute atomic E-state index is 0.0526. The van der Waals surface area contributed by atoms with Gasteiger partial charge in [-0.2, -0.15) is 0 Å². The Labute approximate surface area is 167 Å². The molecule has 152 valence electrons. The molecule has 2 N–H and O–H groups in total. The van der Waals surface area contributed by atoms with Crippen LogP contribution in [-0.4, -0.2) is 55.4 Å². The number of amides is 3. The Bertz CT molecular complexity index is 997. The van der Waals surface area contributed by atoms with Gasteiger partial charge in [0.2, 0.25) is 11.8 Å². The fourth-order valence-electron chi connectivity index (χ4n) is 3.76. The van der Waals surface area contributed by atoms with E-state index in [2.05, 4.69) is 15.6 Å². The molecule has 2 aromatic rings. The van der Waals surface area contributed by atoms with Crippen molar-refractivity contribution in [2.75, 3.05) is 6.61 Å². The van der Waals surface area contributed by atoms with E-state index in [1.807, 2.05) is 26.1 Å². The van der Waals surface area contributed by atoms with Gasteiger partial charge in [0, 0.05) is 31.6 Å². The first kappa shape index (κ1) is 19.3. The Morgan fingerprint density at radius 1 is 1.28 bits per heavy atom. The van der Waals surface area contributed by atoms with Crippen LogP contribution in [0.2, 0.25) is 0 Å². The van der Waals surface area contributed by atoms with E-state index in [-0.39, 0.29) is 30.3 Å². The molecule has 3 heterocycles. The average molecular weight is 397 g/mol. The Hall–Kier alpha value is -3.07. The summed E-state index contributed by atoms with van der Waals surface area (Å²) in [6, 6.07) is 4.77. The third kappa shape index (κ3) is 3.65. The molecule has 1 fully saturated rings. The summed E-state index contributed by atoms with van der Waals surface area (Å²) in [5.74, 6) is -0.927. The van der Waals surface area contributed by atoms with Crippen molar-refractivity contribution in [3.8, 4) is 5.69 Å². The van der Waals surface area contributed by atoms with Crippen LogP contribution in [0.1, 0.15) is 48.3 Å². The lowest BCUT2D eigenvalue weighted by molar-refractivity contribution is -0.136. The summed E-state index contributed by atoms with van der Waals surface area (Å²) < 4.78 is 1.64. The van der Waals surface area contributed by atoms with E-state index in [1.165, 1.54) is 4.90 Å². The summed E-state index contributed by atoms with van der Waals surface area (Å²) in [4.78, 5) is 37.8. The summed E-state index contributed by atoms with van der Waals surface area (Å²) in [6.45, 7) is 4.28. The number of aliphatic hydroxyl groups is 1. The highest BCUT2D eigenvalue weighted by atomic mass is 16.3. The molecular weight excluding hydrogens is 374 g/mol. The Morgan fingerprint density at radius 3 is 2.79 bits per heavy atom. The molecule has 2 aliphatic rings. The molecule has 1 aromatic carbocycles. The van der Waals surface area contributed by atoms with Crippen molar-refractivity contribution in [2.45, 2.75) is 45.7 Å². The van der Waals surface area contributed by atoms with Crippen molar-refractivity contribution >= 4 is 17.7 Å². The van der Waals surface area contributed by atoms with E-state index in [0.717, 1.165) is 16.9 Å². The zero-order valence-corrected chi connectivity index (χ0v) is 16.4. The second kappa shape index (κ2) is 7.07. The van der Waals surface area contributed by atoms with Crippen LogP contribution in [-0.2, 0) is 22.6 Å². The molecule has 0 aliphatic carbocycles. The predicted octanol–water partition coefficient (Wildman–Crippen LogP) is 0.589. The van der Waals surface area contributed by atoms with Crippen molar-refractivity contribution in [1.29, 1.82) is 0 Å². The molecule has 0 radical (unpaired) electrons. The normalized spacial score (nSPS) is 19.5. The van der Waals surface area contributed by atoms with Crippen LogP contribution in [0.15, 0.2) is 24.4 Å². The first-order valence-electron chi connectivity index (χ1n) is 9.57. The highest BCUT2D eigenvalue weighted by molar-refractivity contribution is 6.05. The van der Waals surface area contributed by atoms with Gasteiger partial charge >= 0.3 is 0 Å². The molecule has 1 atom stereocenters. The zero-order chi connectivity index (χ0) is 20.8. The Kier molecular flexibility index (Phi) is 4.70. The molecule has 1 saturated heterocycles. The van der Waals surface area contributed by atoms with Gasteiger partial charge in [-0.05, 0) is 35.6 Å². The first-order valence-corrected chi connectivity index (χ1v) is 9.57. The number of carbonyl (C=O) groups excluding carboxylic acids is 3. The zero-order valence-electron chi connectivity index (χ0n) is 16.4. The van der Waals surface area contributed by atoms with Gasteiger partial charge in [-0.25, -0.2) is 4.68 Å². The Morgan fingerprint density at radius 2 is 2.07 bits per heavy atom. The lowest BCUT2D eigenvalue weighted by atomic mass is 9.89. The molecule has 0 spiro atoms. The smallest absolute Gasteiger partial charge is 0.255 e. The van der Waals surface area contributed by atoms with E-state index in [1.54, 1.807) is 16.8 Å². The van der Waals surface area contributed by atoms with Gasteiger partial charge in [0.1, 0.15) is 6.04 Å². The van der Waals surface area contributed by atoms with Crippen LogP contribution in [0.3, 0.4) is 0 Å². The van der Waals surface area contributed by atoms with Gasteiger partial charge in [-0.15, -0.1) is 5.10 Å². The maximum Gasteiger partial charge on any atom is 0.255 e. The molecule has 2 aliphatic heterocycles. The van der Waals surface area contributed by atoms with Crippen LogP contribution in [0.25, 0.3) is 5.69 Å². The number of nitrogens with zero attached hydrogens (tertiary/aromatic N) is 4. The van der Waals surface area contributed by atoms with Crippen LogP contribution >= 0.6 is 0 Å². The molecule has 0 bridgehead atoms. The standard InChI is InChI=1S/C20H23N5O4/c1-20(2,11-26)8-13-10-25(23-22-13)14-3-4-15-12(7-14)9-24(19(15)29)16-5-6-17(27)21-18(16)28/h3-4,7,10,16,26H,5-6,8-9,11H2,1-2H3,(H,21,27,28). The van der Waals surface area contributed by atoms with E-state index >= 15 is 0 Å². The van der Waals surface area contributed by atoms with Crippen molar-refractivity contribution in [3.05, 3.63) is 41.2 Å². The van der Waals surface area contributed by atoms with Gasteiger partial charge in [0.05, 0.1) is 17.6 Å². The molecule has 4 rings (SSSR count). The van der Waals surface area contributed by atoms with Crippen molar-refractivity contribution < 1.29 is 19.5 Å². The average Bonchev–Trinajstić information content (AvgIpc) is 3.26. The Balaban J connectivity index is 1.54.